The average molecular weight is 271 g/mol. The molecule has 104 valence electrons. The summed E-state index contributed by atoms with van der Waals surface area (Å²) in [5.41, 5.74) is 7.78. The Labute approximate surface area is 117 Å². The van der Waals surface area contributed by atoms with Gasteiger partial charge in [0.15, 0.2) is 0 Å². The molecule has 0 aromatic heterocycles. The van der Waals surface area contributed by atoms with Crippen molar-refractivity contribution in [1.29, 1.82) is 0 Å². The van der Waals surface area contributed by atoms with Gasteiger partial charge in [0, 0.05) is 24.8 Å². The Balaban J connectivity index is 2.34. The lowest BCUT2D eigenvalue weighted by molar-refractivity contribution is -0.384. The van der Waals surface area contributed by atoms with Crippen LogP contribution in [0.3, 0.4) is 0 Å². The first-order valence-electron chi connectivity index (χ1n) is 6.44. The van der Waals surface area contributed by atoms with Crippen molar-refractivity contribution in [3.63, 3.8) is 0 Å². The number of rotatable bonds is 5. The maximum atomic E-state index is 11.2. The monoisotopic (exact) mass is 271 g/mol. The van der Waals surface area contributed by atoms with Crippen LogP contribution >= 0.6 is 0 Å². The van der Waals surface area contributed by atoms with Gasteiger partial charge in [-0.3, -0.25) is 10.1 Å². The van der Waals surface area contributed by atoms with Gasteiger partial charge in [-0.2, -0.15) is 0 Å². The minimum Gasteiger partial charge on any atom is -0.399 e. The number of nitro groups is 1. The largest absolute Gasteiger partial charge is 0.399 e. The molecule has 0 amide bonds. The average Bonchev–Trinajstić information content (AvgIpc) is 2.46. The molecule has 20 heavy (non-hydrogen) atoms. The summed E-state index contributed by atoms with van der Waals surface area (Å²) in [7, 11) is 0. The van der Waals surface area contributed by atoms with E-state index in [0.29, 0.717) is 24.5 Å². The zero-order valence-electron chi connectivity index (χ0n) is 11.3. The van der Waals surface area contributed by atoms with E-state index in [4.69, 9.17) is 5.73 Å². The van der Waals surface area contributed by atoms with Gasteiger partial charge < -0.3 is 10.6 Å². The lowest BCUT2D eigenvalue weighted by Gasteiger charge is -2.23. The van der Waals surface area contributed by atoms with E-state index in [1.54, 1.807) is 12.1 Å². The van der Waals surface area contributed by atoms with Crippen molar-refractivity contribution >= 4 is 17.1 Å². The number of nitrogens with two attached hydrogens (primary N) is 1. The molecule has 0 spiro atoms. The molecule has 0 unspecified atom stereocenters. The van der Waals surface area contributed by atoms with E-state index in [1.807, 2.05) is 42.2 Å². The van der Waals surface area contributed by atoms with Crippen LogP contribution in [0.1, 0.15) is 12.5 Å². The van der Waals surface area contributed by atoms with Crippen LogP contribution in [0.5, 0.6) is 0 Å². The van der Waals surface area contributed by atoms with Gasteiger partial charge in [-0.05, 0) is 24.6 Å². The van der Waals surface area contributed by atoms with E-state index in [2.05, 4.69) is 0 Å². The van der Waals surface area contributed by atoms with E-state index in [9.17, 15) is 10.1 Å². The van der Waals surface area contributed by atoms with Gasteiger partial charge in [0.2, 0.25) is 0 Å². The van der Waals surface area contributed by atoms with E-state index >= 15 is 0 Å². The molecule has 0 atom stereocenters. The zero-order valence-corrected chi connectivity index (χ0v) is 11.3. The second kappa shape index (κ2) is 6.06. The molecule has 5 nitrogen and oxygen atoms in total. The quantitative estimate of drug-likeness (QED) is 0.515. The second-order valence-corrected chi connectivity index (χ2v) is 4.51. The molecule has 0 saturated carbocycles. The van der Waals surface area contributed by atoms with E-state index in [-0.39, 0.29) is 10.6 Å². The highest BCUT2D eigenvalue weighted by atomic mass is 16.6. The van der Waals surface area contributed by atoms with Crippen molar-refractivity contribution < 1.29 is 4.92 Å². The van der Waals surface area contributed by atoms with E-state index in [1.165, 1.54) is 6.07 Å². The molecule has 0 fully saturated rings. The summed E-state index contributed by atoms with van der Waals surface area (Å²) in [4.78, 5) is 12.7. The van der Waals surface area contributed by atoms with Gasteiger partial charge in [0.25, 0.3) is 5.69 Å². The molecular weight excluding hydrogens is 254 g/mol. The number of benzene rings is 2. The first-order chi connectivity index (χ1) is 9.61. The number of nitrogen functional groups attached to an aromatic ring is 1. The van der Waals surface area contributed by atoms with Gasteiger partial charge in [-0.1, -0.05) is 30.3 Å². The minimum atomic E-state index is -0.390. The summed E-state index contributed by atoms with van der Waals surface area (Å²) in [6, 6.07) is 14.7. The van der Waals surface area contributed by atoms with Crippen LogP contribution in [0.4, 0.5) is 17.1 Å². The molecule has 0 aliphatic carbocycles. The van der Waals surface area contributed by atoms with Crippen LogP contribution in [-0.4, -0.2) is 11.5 Å². The fraction of sp³-hybridized carbons (Fsp3) is 0.200. The fourth-order valence-corrected chi connectivity index (χ4v) is 2.13. The molecule has 2 aromatic rings. The van der Waals surface area contributed by atoms with E-state index < -0.39 is 0 Å². The molecule has 2 N–H and O–H groups in total. The van der Waals surface area contributed by atoms with Crippen LogP contribution in [-0.2, 0) is 6.54 Å². The summed E-state index contributed by atoms with van der Waals surface area (Å²) in [6.45, 7) is 3.28. The third-order valence-corrected chi connectivity index (χ3v) is 3.13. The molecule has 0 radical (unpaired) electrons. The van der Waals surface area contributed by atoms with Crippen LogP contribution in [0, 0.1) is 10.1 Å². The predicted molar refractivity (Wildman–Crippen MR) is 80.7 cm³/mol. The van der Waals surface area contributed by atoms with Gasteiger partial charge in [-0.25, -0.2) is 0 Å². The molecule has 0 aliphatic heterocycles. The van der Waals surface area contributed by atoms with Gasteiger partial charge >= 0.3 is 0 Å². The van der Waals surface area contributed by atoms with Crippen molar-refractivity contribution in [1.82, 2.24) is 0 Å². The SMILES string of the molecule is CCN(Cc1ccccc1)c1ccc(N)cc1[N+](=O)[O-]. The van der Waals surface area contributed by atoms with Crippen LogP contribution in [0.15, 0.2) is 48.5 Å². The fourth-order valence-electron chi connectivity index (χ4n) is 2.13. The van der Waals surface area contributed by atoms with Crippen molar-refractivity contribution in [3.05, 3.63) is 64.2 Å². The lowest BCUT2D eigenvalue weighted by Crippen LogP contribution is -2.23. The van der Waals surface area contributed by atoms with Gasteiger partial charge in [0.05, 0.1) is 4.92 Å². The number of nitro benzene ring substituents is 1. The van der Waals surface area contributed by atoms with Gasteiger partial charge in [-0.15, -0.1) is 0 Å². The summed E-state index contributed by atoms with van der Waals surface area (Å²) < 4.78 is 0. The van der Waals surface area contributed by atoms with Crippen molar-refractivity contribution in [2.75, 3.05) is 17.2 Å². The van der Waals surface area contributed by atoms with Gasteiger partial charge in [0.1, 0.15) is 5.69 Å². The van der Waals surface area contributed by atoms with Crippen LogP contribution in [0.2, 0.25) is 0 Å². The second-order valence-electron chi connectivity index (χ2n) is 4.51. The number of anilines is 2. The Morgan fingerprint density at radius 2 is 1.90 bits per heavy atom. The smallest absolute Gasteiger partial charge is 0.294 e. The summed E-state index contributed by atoms with van der Waals surface area (Å²) in [5, 5.41) is 11.2. The Morgan fingerprint density at radius 1 is 1.20 bits per heavy atom. The third kappa shape index (κ3) is 3.06. The molecule has 0 saturated heterocycles. The molecule has 5 heteroatoms. The molecule has 0 heterocycles. The highest BCUT2D eigenvalue weighted by molar-refractivity contribution is 5.68. The molecule has 0 bridgehead atoms. The first-order valence-corrected chi connectivity index (χ1v) is 6.44. The number of hydrogen-bond acceptors (Lipinski definition) is 4. The maximum Gasteiger partial charge on any atom is 0.294 e. The molecule has 2 aromatic carbocycles. The normalized spacial score (nSPS) is 10.2. The Morgan fingerprint density at radius 3 is 2.50 bits per heavy atom. The van der Waals surface area contributed by atoms with E-state index in [0.717, 1.165) is 5.56 Å². The lowest BCUT2D eigenvalue weighted by atomic mass is 10.1. The zero-order chi connectivity index (χ0) is 14.5. The van der Waals surface area contributed by atoms with Crippen molar-refractivity contribution in [3.8, 4) is 0 Å². The van der Waals surface area contributed by atoms with Crippen LogP contribution < -0.4 is 10.6 Å². The highest BCUT2D eigenvalue weighted by Crippen LogP contribution is 2.31. The van der Waals surface area contributed by atoms with Crippen LogP contribution in [0.25, 0.3) is 0 Å². The number of hydrogen-bond donors (Lipinski definition) is 1. The standard InChI is InChI=1S/C15H17N3O2/c1-2-17(11-12-6-4-3-5-7-12)14-9-8-13(16)10-15(14)18(19)20/h3-10H,2,11,16H2,1H3. The molecule has 0 aliphatic rings. The highest BCUT2D eigenvalue weighted by Gasteiger charge is 2.18. The maximum absolute atomic E-state index is 11.2. The minimum absolute atomic E-state index is 0.0442. The Hall–Kier alpha value is -2.56. The predicted octanol–water partition coefficient (Wildman–Crippen LogP) is 3.20. The van der Waals surface area contributed by atoms with Crippen molar-refractivity contribution in [2.24, 2.45) is 0 Å². The number of nitrogens with zero attached hydrogens (tertiary/aromatic N) is 2. The summed E-state index contributed by atoms with van der Waals surface area (Å²) in [5.74, 6) is 0. The Bertz CT molecular complexity index is 599. The summed E-state index contributed by atoms with van der Waals surface area (Å²) >= 11 is 0. The third-order valence-electron chi connectivity index (χ3n) is 3.13. The molecule has 2 rings (SSSR count). The topological polar surface area (TPSA) is 72.4 Å². The molecular formula is C15H17N3O2. The Kier molecular flexibility index (Phi) is 4.20. The first kappa shape index (κ1) is 13.9. The van der Waals surface area contributed by atoms with Crippen molar-refractivity contribution in [2.45, 2.75) is 13.5 Å². The summed E-state index contributed by atoms with van der Waals surface area (Å²) in [6.07, 6.45) is 0.